The highest BCUT2D eigenvalue weighted by molar-refractivity contribution is 14.0. The number of benzene rings is 1. The molecule has 0 unspecified atom stereocenters. The zero-order chi connectivity index (χ0) is 16.8. The number of hydrogen-bond donors (Lipinski definition) is 3. The number of thiophene rings is 1. The number of hydrogen-bond acceptors (Lipinski definition) is 2. The number of guanidine groups is 1. The van der Waals surface area contributed by atoms with Crippen molar-refractivity contribution in [2.45, 2.75) is 19.8 Å². The number of H-pyrrole nitrogens is 1. The van der Waals surface area contributed by atoms with Gasteiger partial charge < -0.3 is 15.6 Å². The second kappa shape index (κ2) is 9.82. The second-order valence-electron chi connectivity index (χ2n) is 5.78. The summed E-state index contributed by atoms with van der Waals surface area (Å²) in [5.74, 6) is 0.865. The molecule has 0 saturated carbocycles. The highest BCUT2D eigenvalue weighted by Crippen LogP contribution is 2.21. The van der Waals surface area contributed by atoms with Crippen molar-refractivity contribution in [1.82, 2.24) is 15.6 Å². The Labute approximate surface area is 170 Å². The van der Waals surface area contributed by atoms with Crippen LogP contribution in [0.15, 0.2) is 46.8 Å². The van der Waals surface area contributed by atoms with Crippen molar-refractivity contribution in [2.75, 3.05) is 20.1 Å². The van der Waals surface area contributed by atoms with Crippen LogP contribution in [0.5, 0.6) is 0 Å². The number of rotatable bonds is 6. The lowest BCUT2D eigenvalue weighted by atomic mass is 10.1. The van der Waals surface area contributed by atoms with E-state index in [0.29, 0.717) is 0 Å². The highest BCUT2D eigenvalue weighted by atomic mass is 127. The number of aliphatic imine (C=N–C) groups is 1. The van der Waals surface area contributed by atoms with E-state index in [9.17, 15) is 0 Å². The average Bonchev–Trinajstić information content (AvgIpc) is 3.21. The summed E-state index contributed by atoms with van der Waals surface area (Å²) in [5, 5.41) is 10.2. The fourth-order valence-corrected chi connectivity index (χ4v) is 3.65. The molecule has 2 heterocycles. The normalized spacial score (nSPS) is 11.4. The fourth-order valence-electron chi connectivity index (χ4n) is 2.94. The van der Waals surface area contributed by atoms with E-state index in [1.54, 1.807) is 11.3 Å². The Morgan fingerprint density at radius 2 is 1.84 bits per heavy atom. The molecule has 134 valence electrons. The lowest BCUT2D eigenvalue weighted by Crippen LogP contribution is -2.39. The third kappa shape index (κ3) is 5.22. The SMILES string of the molecule is CN=C(NCCc1cccs1)NCCc1c(C)[nH]c2ccccc12.I. The van der Waals surface area contributed by atoms with E-state index >= 15 is 0 Å². The number of para-hydroxylation sites is 1. The second-order valence-corrected chi connectivity index (χ2v) is 6.81. The summed E-state index contributed by atoms with van der Waals surface area (Å²) in [6.07, 6.45) is 2.00. The van der Waals surface area contributed by atoms with Gasteiger partial charge >= 0.3 is 0 Å². The fraction of sp³-hybridized carbons (Fsp3) is 0.316. The molecule has 1 aromatic carbocycles. The van der Waals surface area contributed by atoms with E-state index in [4.69, 9.17) is 0 Å². The van der Waals surface area contributed by atoms with Crippen molar-refractivity contribution in [3.05, 3.63) is 57.9 Å². The maximum atomic E-state index is 4.30. The monoisotopic (exact) mass is 468 g/mol. The molecular formula is C19H25IN4S. The van der Waals surface area contributed by atoms with Crippen molar-refractivity contribution in [1.29, 1.82) is 0 Å². The van der Waals surface area contributed by atoms with Crippen LogP contribution in [-0.4, -0.2) is 31.1 Å². The summed E-state index contributed by atoms with van der Waals surface area (Å²) in [5.41, 5.74) is 3.84. The van der Waals surface area contributed by atoms with Crippen LogP contribution in [-0.2, 0) is 12.8 Å². The molecule has 3 rings (SSSR count). The summed E-state index contributed by atoms with van der Waals surface area (Å²) < 4.78 is 0. The number of nitrogens with one attached hydrogen (secondary N) is 3. The van der Waals surface area contributed by atoms with E-state index in [-0.39, 0.29) is 24.0 Å². The summed E-state index contributed by atoms with van der Waals surface area (Å²) in [7, 11) is 1.82. The first-order chi connectivity index (χ1) is 11.8. The van der Waals surface area contributed by atoms with Crippen LogP contribution in [0.1, 0.15) is 16.1 Å². The van der Waals surface area contributed by atoms with Crippen LogP contribution in [0.2, 0.25) is 0 Å². The number of aryl methyl sites for hydroxylation is 1. The first-order valence-electron chi connectivity index (χ1n) is 8.31. The van der Waals surface area contributed by atoms with Gasteiger partial charge in [-0.1, -0.05) is 24.3 Å². The lowest BCUT2D eigenvalue weighted by molar-refractivity contribution is 0.787. The number of fused-ring (bicyclic) bond motifs is 1. The molecule has 0 radical (unpaired) electrons. The highest BCUT2D eigenvalue weighted by Gasteiger charge is 2.07. The smallest absolute Gasteiger partial charge is 0.190 e. The van der Waals surface area contributed by atoms with Gasteiger partial charge in [0.25, 0.3) is 0 Å². The maximum absolute atomic E-state index is 4.30. The average molecular weight is 468 g/mol. The number of aromatic amines is 1. The van der Waals surface area contributed by atoms with Crippen LogP contribution >= 0.6 is 35.3 Å². The van der Waals surface area contributed by atoms with Crippen molar-refractivity contribution >= 4 is 52.2 Å². The largest absolute Gasteiger partial charge is 0.358 e. The zero-order valence-electron chi connectivity index (χ0n) is 14.6. The predicted molar refractivity (Wildman–Crippen MR) is 120 cm³/mol. The Bertz CT molecular complexity index is 808. The van der Waals surface area contributed by atoms with Crippen LogP contribution in [0.3, 0.4) is 0 Å². The molecule has 0 amide bonds. The Balaban J connectivity index is 0.00000225. The third-order valence-electron chi connectivity index (χ3n) is 4.16. The van der Waals surface area contributed by atoms with Gasteiger partial charge in [-0.15, -0.1) is 35.3 Å². The minimum atomic E-state index is 0. The van der Waals surface area contributed by atoms with Gasteiger partial charge in [0.15, 0.2) is 5.96 Å². The molecular weight excluding hydrogens is 443 g/mol. The summed E-state index contributed by atoms with van der Waals surface area (Å²) >= 11 is 1.80. The molecule has 3 aromatic rings. The molecule has 0 fully saturated rings. The minimum Gasteiger partial charge on any atom is -0.358 e. The van der Waals surface area contributed by atoms with Crippen molar-refractivity contribution in [2.24, 2.45) is 4.99 Å². The van der Waals surface area contributed by atoms with Crippen LogP contribution < -0.4 is 10.6 Å². The Hall–Kier alpha value is -1.54. The van der Waals surface area contributed by atoms with Gasteiger partial charge in [-0.05, 0) is 42.8 Å². The number of halogens is 1. The third-order valence-corrected chi connectivity index (χ3v) is 5.10. The standard InChI is InChI=1S/C19H24N4S.HI/c1-14-16(17-7-3-4-8-18(17)23-14)10-12-22-19(20-2)21-11-9-15-6-5-13-24-15;/h3-8,13,23H,9-12H2,1-2H3,(H2,20,21,22);1H. The first-order valence-corrected chi connectivity index (χ1v) is 9.19. The van der Waals surface area contributed by atoms with Crippen LogP contribution in [0.25, 0.3) is 10.9 Å². The molecule has 0 aliphatic carbocycles. The summed E-state index contributed by atoms with van der Waals surface area (Å²) in [6.45, 7) is 3.90. The van der Waals surface area contributed by atoms with Crippen LogP contribution in [0, 0.1) is 6.92 Å². The molecule has 0 spiro atoms. The molecule has 0 aliphatic rings. The Morgan fingerprint density at radius 1 is 1.08 bits per heavy atom. The molecule has 2 aromatic heterocycles. The first kappa shape index (κ1) is 19.8. The zero-order valence-corrected chi connectivity index (χ0v) is 17.8. The molecule has 4 nitrogen and oxygen atoms in total. The number of aromatic nitrogens is 1. The molecule has 0 atom stereocenters. The maximum Gasteiger partial charge on any atom is 0.190 e. The minimum absolute atomic E-state index is 0. The molecule has 25 heavy (non-hydrogen) atoms. The molecule has 0 aliphatic heterocycles. The van der Waals surface area contributed by atoms with Crippen molar-refractivity contribution < 1.29 is 0 Å². The van der Waals surface area contributed by atoms with Gasteiger partial charge in [-0.25, -0.2) is 0 Å². The van der Waals surface area contributed by atoms with Gasteiger partial charge in [-0.2, -0.15) is 0 Å². The topological polar surface area (TPSA) is 52.2 Å². The lowest BCUT2D eigenvalue weighted by Gasteiger charge is -2.11. The van der Waals surface area contributed by atoms with Gasteiger partial charge in [-0.3, -0.25) is 4.99 Å². The predicted octanol–water partition coefficient (Wildman–Crippen LogP) is 4.11. The van der Waals surface area contributed by atoms with Gasteiger partial charge in [0.1, 0.15) is 0 Å². The van der Waals surface area contributed by atoms with Crippen molar-refractivity contribution in [3.8, 4) is 0 Å². The summed E-state index contributed by atoms with van der Waals surface area (Å²) in [4.78, 5) is 9.15. The van der Waals surface area contributed by atoms with E-state index in [1.165, 1.54) is 27.0 Å². The molecule has 6 heteroatoms. The van der Waals surface area contributed by atoms with Crippen LogP contribution in [0.4, 0.5) is 0 Å². The number of nitrogens with zero attached hydrogens (tertiary/aromatic N) is 1. The van der Waals surface area contributed by atoms with E-state index < -0.39 is 0 Å². The Kier molecular flexibility index (Phi) is 7.77. The van der Waals surface area contributed by atoms with E-state index in [1.807, 2.05) is 7.05 Å². The quantitative estimate of drug-likeness (QED) is 0.290. The molecule has 3 N–H and O–H groups in total. The Morgan fingerprint density at radius 3 is 2.56 bits per heavy atom. The van der Waals surface area contributed by atoms with Gasteiger partial charge in [0.05, 0.1) is 0 Å². The molecule has 0 bridgehead atoms. The van der Waals surface area contributed by atoms with Gasteiger partial charge in [0, 0.05) is 41.6 Å². The summed E-state index contributed by atoms with van der Waals surface area (Å²) in [6, 6.07) is 12.7. The van der Waals surface area contributed by atoms with E-state index in [0.717, 1.165) is 31.9 Å². The molecule has 0 saturated heterocycles. The van der Waals surface area contributed by atoms with Gasteiger partial charge in [0.2, 0.25) is 0 Å². The van der Waals surface area contributed by atoms with E-state index in [2.05, 4.69) is 69.3 Å². The van der Waals surface area contributed by atoms with Crippen molar-refractivity contribution in [3.63, 3.8) is 0 Å².